The summed E-state index contributed by atoms with van der Waals surface area (Å²) >= 11 is 0. The summed E-state index contributed by atoms with van der Waals surface area (Å²) in [6.07, 6.45) is 0. The minimum Gasteiger partial charge on any atom is -0.493 e. The second-order valence-corrected chi connectivity index (χ2v) is 5.91. The van der Waals surface area contributed by atoms with E-state index in [9.17, 15) is 9.59 Å². The summed E-state index contributed by atoms with van der Waals surface area (Å²) in [6.45, 7) is 6.19. The van der Waals surface area contributed by atoms with Gasteiger partial charge in [-0.1, -0.05) is 44.2 Å². The maximum atomic E-state index is 12.2. The number of carbonyl (C=O) groups excluding carboxylic acids is 2. The van der Waals surface area contributed by atoms with E-state index in [2.05, 4.69) is 24.7 Å². The van der Waals surface area contributed by atoms with Crippen LogP contribution in [0.3, 0.4) is 0 Å². The van der Waals surface area contributed by atoms with E-state index in [1.165, 1.54) is 0 Å². The van der Waals surface area contributed by atoms with Crippen molar-refractivity contribution in [3.63, 3.8) is 0 Å². The Balaban J connectivity index is 1.89. The molecule has 2 amide bonds. The number of rotatable bonds is 7. The van der Waals surface area contributed by atoms with Crippen LogP contribution in [0.1, 0.15) is 42.6 Å². The van der Waals surface area contributed by atoms with Gasteiger partial charge in [-0.25, -0.2) is 0 Å². The van der Waals surface area contributed by atoms with Crippen LogP contribution in [0.5, 0.6) is 11.5 Å². The van der Waals surface area contributed by atoms with E-state index in [0.717, 1.165) is 5.56 Å². The Morgan fingerprint density at radius 2 is 1.58 bits per heavy atom. The van der Waals surface area contributed by atoms with Gasteiger partial charge in [0.1, 0.15) is 11.5 Å². The van der Waals surface area contributed by atoms with Crippen molar-refractivity contribution >= 4 is 11.8 Å². The van der Waals surface area contributed by atoms with Gasteiger partial charge in [-0.2, -0.15) is 0 Å². The average Bonchev–Trinajstić information content (AvgIpc) is 2.65. The molecule has 0 fully saturated rings. The van der Waals surface area contributed by atoms with Crippen LogP contribution in [0.2, 0.25) is 0 Å². The number of hydrogen-bond acceptors (Lipinski definition) is 4. The number of carbonyl (C=O) groups is 2. The highest BCUT2D eigenvalue weighted by Gasteiger charge is 2.13. The predicted molar refractivity (Wildman–Crippen MR) is 99.2 cm³/mol. The second-order valence-electron chi connectivity index (χ2n) is 5.91. The maximum absolute atomic E-state index is 12.2. The van der Waals surface area contributed by atoms with Crippen LogP contribution < -0.4 is 20.3 Å². The lowest BCUT2D eigenvalue weighted by molar-refractivity contribution is -0.123. The van der Waals surface area contributed by atoms with Crippen molar-refractivity contribution in [2.24, 2.45) is 0 Å². The predicted octanol–water partition coefficient (Wildman–Crippen LogP) is 3.05. The number of benzene rings is 2. The van der Waals surface area contributed by atoms with Gasteiger partial charge in [0, 0.05) is 0 Å². The Bertz CT molecular complexity index is 759. The lowest BCUT2D eigenvalue weighted by Crippen LogP contribution is -2.44. The van der Waals surface area contributed by atoms with E-state index >= 15 is 0 Å². The first kappa shape index (κ1) is 19.3. The highest BCUT2D eigenvalue weighted by molar-refractivity contribution is 5.97. The first-order valence-electron chi connectivity index (χ1n) is 8.55. The van der Waals surface area contributed by atoms with E-state index in [1.807, 2.05) is 31.2 Å². The third-order valence-corrected chi connectivity index (χ3v) is 3.65. The molecule has 0 heterocycles. The smallest absolute Gasteiger partial charge is 0.276 e. The van der Waals surface area contributed by atoms with Crippen LogP contribution in [0.25, 0.3) is 0 Å². The first-order chi connectivity index (χ1) is 12.5. The molecule has 0 aromatic heterocycles. The van der Waals surface area contributed by atoms with E-state index in [1.54, 1.807) is 24.3 Å². The van der Waals surface area contributed by atoms with Crippen LogP contribution in [-0.2, 0) is 4.79 Å². The van der Waals surface area contributed by atoms with Crippen LogP contribution in [0.15, 0.2) is 48.5 Å². The van der Waals surface area contributed by atoms with Crippen molar-refractivity contribution in [1.29, 1.82) is 0 Å². The molecule has 0 unspecified atom stereocenters. The summed E-state index contributed by atoms with van der Waals surface area (Å²) in [4.78, 5) is 24.2. The monoisotopic (exact) mass is 356 g/mol. The highest BCUT2D eigenvalue weighted by Crippen LogP contribution is 2.25. The van der Waals surface area contributed by atoms with Crippen molar-refractivity contribution in [2.75, 3.05) is 13.2 Å². The number of nitrogens with one attached hydrogen (secondary N) is 2. The summed E-state index contributed by atoms with van der Waals surface area (Å²) < 4.78 is 11.0. The number of para-hydroxylation sites is 2. The average molecular weight is 356 g/mol. The largest absolute Gasteiger partial charge is 0.493 e. The molecule has 0 atom stereocenters. The van der Waals surface area contributed by atoms with Crippen LogP contribution >= 0.6 is 0 Å². The molecule has 0 saturated carbocycles. The molecule has 0 aliphatic rings. The molecule has 138 valence electrons. The van der Waals surface area contributed by atoms with Gasteiger partial charge in [0.2, 0.25) is 0 Å². The molecule has 2 aromatic rings. The van der Waals surface area contributed by atoms with Gasteiger partial charge in [0.15, 0.2) is 6.61 Å². The van der Waals surface area contributed by atoms with Crippen LogP contribution in [0.4, 0.5) is 0 Å². The molecular weight excluding hydrogens is 332 g/mol. The Kier molecular flexibility index (Phi) is 7.02. The molecule has 0 spiro atoms. The van der Waals surface area contributed by atoms with E-state index in [4.69, 9.17) is 9.47 Å². The Labute approximate surface area is 153 Å². The van der Waals surface area contributed by atoms with Crippen molar-refractivity contribution in [3.8, 4) is 11.5 Å². The fraction of sp³-hybridized carbons (Fsp3) is 0.300. The SMILES string of the molecule is CCOc1ccccc1C(=O)NNC(=O)COc1ccccc1C(C)C. The molecule has 0 aliphatic heterocycles. The van der Waals surface area contributed by atoms with Gasteiger partial charge in [-0.05, 0) is 36.6 Å². The minimum absolute atomic E-state index is 0.197. The molecule has 26 heavy (non-hydrogen) atoms. The third-order valence-electron chi connectivity index (χ3n) is 3.65. The van der Waals surface area contributed by atoms with Gasteiger partial charge < -0.3 is 9.47 Å². The molecule has 6 heteroatoms. The van der Waals surface area contributed by atoms with E-state index in [-0.39, 0.29) is 12.5 Å². The lowest BCUT2D eigenvalue weighted by Gasteiger charge is -2.14. The summed E-state index contributed by atoms with van der Waals surface area (Å²) in [5, 5.41) is 0. The normalized spacial score (nSPS) is 10.3. The summed E-state index contributed by atoms with van der Waals surface area (Å²) in [5.74, 6) is 0.495. The minimum atomic E-state index is -0.454. The fourth-order valence-corrected chi connectivity index (χ4v) is 2.40. The Morgan fingerprint density at radius 3 is 2.27 bits per heavy atom. The number of hydrazine groups is 1. The zero-order valence-corrected chi connectivity index (χ0v) is 15.2. The molecule has 2 aromatic carbocycles. The topological polar surface area (TPSA) is 76.7 Å². The summed E-state index contributed by atoms with van der Waals surface area (Å²) in [6, 6.07) is 14.4. The third kappa shape index (κ3) is 5.24. The molecule has 0 radical (unpaired) electrons. The molecule has 0 bridgehead atoms. The zero-order valence-electron chi connectivity index (χ0n) is 15.2. The van der Waals surface area contributed by atoms with Crippen molar-refractivity contribution in [2.45, 2.75) is 26.7 Å². The number of hydrogen-bond donors (Lipinski definition) is 2. The van der Waals surface area contributed by atoms with Gasteiger partial charge >= 0.3 is 0 Å². The first-order valence-corrected chi connectivity index (χ1v) is 8.55. The van der Waals surface area contributed by atoms with Crippen molar-refractivity contribution in [1.82, 2.24) is 10.9 Å². The fourth-order valence-electron chi connectivity index (χ4n) is 2.40. The standard InChI is InChI=1S/C20H24N2O4/c1-4-25-18-12-8-6-10-16(18)20(24)22-21-19(23)13-26-17-11-7-5-9-15(17)14(2)3/h5-12,14H,4,13H2,1-3H3,(H,21,23)(H,22,24). The van der Waals surface area contributed by atoms with E-state index < -0.39 is 11.8 Å². The van der Waals surface area contributed by atoms with Crippen LogP contribution in [-0.4, -0.2) is 25.0 Å². The summed E-state index contributed by atoms with van der Waals surface area (Å²) in [7, 11) is 0. The van der Waals surface area contributed by atoms with Gasteiger partial charge in [-0.15, -0.1) is 0 Å². The zero-order chi connectivity index (χ0) is 18.9. The Morgan fingerprint density at radius 1 is 0.923 bits per heavy atom. The highest BCUT2D eigenvalue weighted by atomic mass is 16.5. The molecule has 0 saturated heterocycles. The van der Waals surface area contributed by atoms with Crippen LogP contribution in [0, 0.1) is 0 Å². The maximum Gasteiger partial charge on any atom is 0.276 e. The second kappa shape index (κ2) is 9.46. The number of ether oxygens (including phenoxy) is 2. The van der Waals surface area contributed by atoms with Gasteiger partial charge in [0.05, 0.1) is 12.2 Å². The lowest BCUT2D eigenvalue weighted by atomic mass is 10.0. The molecule has 0 aliphatic carbocycles. The van der Waals surface area contributed by atoms with Crippen molar-refractivity contribution in [3.05, 3.63) is 59.7 Å². The molecule has 2 rings (SSSR count). The molecule has 2 N–H and O–H groups in total. The van der Waals surface area contributed by atoms with E-state index in [0.29, 0.717) is 23.7 Å². The van der Waals surface area contributed by atoms with Gasteiger partial charge in [-0.3, -0.25) is 20.4 Å². The quantitative estimate of drug-likeness (QED) is 0.748. The molecular formula is C20H24N2O4. The number of amides is 2. The van der Waals surface area contributed by atoms with Gasteiger partial charge in [0.25, 0.3) is 11.8 Å². The Hall–Kier alpha value is -3.02. The van der Waals surface area contributed by atoms with Crippen molar-refractivity contribution < 1.29 is 19.1 Å². The summed E-state index contributed by atoms with van der Waals surface area (Å²) in [5.41, 5.74) is 6.09. The molecule has 6 nitrogen and oxygen atoms in total.